The van der Waals surface area contributed by atoms with Gasteiger partial charge in [0.2, 0.25) is 0 Å². The van der Waals surface area contributed by atoms with E-state index in [-0.39, 0.29) is 11.4 Å². The molecule has 2 aromatic carbocycles. The summed E-state index contributed by atoms with van der Waals surface area (Å²) in [6.07, 6.45) is -1.06. The van der Waals surface area contributed by atoms with Gasteiger partial charge in [-0.1, -0.05) is 60.7 Å². The van der Waals surface area contributed by atoms with Crippen molar-refractivity contribution in [3.8, 4) is 0 Å². The largest absolute Gasteiger partial charge is 0.382 e. The van der Waals surface area contributed by atoms with Gasteiger partial charge in [-0.2, -0.15) is 0 Å². The molecular formula is C23H33N3O2. The van der Waals surface area contributed by atoms with E-state index >= 15 is 0 Å². The molecular weight excluding hydrogens is 350 g/mol. The molecule has 0 radical (unpaired) electrons. The lowest BCUT2D eigenvalue weighted by Crippen LogP contribution is -2.49. The van der Waals surface area contributed by atoms with Gasteiger partial charge in [0.1, 0.15) is 6.10 Å². The number of rotatable bonds is 10. The number of amides is 1. The van der Waals surface area contributed by atoms with Gasteiger partial charge in [-0.3, -0.25) is 9.69 Å². The Kier molecular flexibility index (Phi) is 8.64. The van der Waals surface area contributed by atoms with Crippen LogP contribution in [0.3, 0.4) is 0 Å². The van der Waals surface area contributed by atoms with Gasteiger partial charge in [0.05, 0.1) is 0 Å². The van der Waals surface area contributed by atoms with E-state index < -0.39 is 6.10 Å². The highest BCUT2D eigenvalue weighted by Crippen LogP contribution is 2.07. The average Bonchev–Trinajstić information content (AvgIpc) is 2.65. The molecule has 152 valence electrons. The first-order chi connectivity index (χ1) is 13.3. The molecule has 0 spiro atoms. The van der Waals surface area contributed by atoms with E-state index in [1.54, 1.807) is 0 Å². The molecule has 0 fully saturated rings. The SMILES string of the molecule is CC(C)(C)NC(=O)C(O)CN(CCNCc1ccccc1)Cc1ccccc1. The highest BCUT2D eigenvalue weighted by Gasteiger charge is 2.23. The van der Waals surface area contributed by atoms with Gasteiger partial charge in [0.25, 0.3) is 5.91 Å². The molecule has 1 atom stereocenters. The van der Waals surface area contributed by atoms with Crippen molar-refractivity contribution >= 4 is 5.91 Å². The Hall–Kier alpha value is -2.21. The van der Waals surface area contributed by atoms with Gasteiger partial charge in [0.15, 0.2) is 0 Å². The van der Waals surface area contributed by atoms with Gasteiger partial charge >= 0.3 is 0 Å². The number of aliphatic hydroxyl groups is 1. The molecule has 3 N–H and O–H groups in total. The van der Waals surface area contributed by atoms with Crippen LogP contribution in [0.25, 0.3) is 0 Å². The summed E-state index contributed by atoms with van der Waals surface area (Å²) in [6, 6.07) is 20.4. The standard InChI is InChI=1S/C23H33N3O2/c1-23(2,3)25-22(28)21(27)18-26(17-20-12-8-5-9-13-20)15-14-24-16-19-10-6-4-7-11-19/h4-13,21,24,27H,14-18H2,1-3H3,(H,25,28). The minimum atomic E-state index is -1.06. The van der Waals surface area contributed by atoms with Crippen LogP contribution in [0.2, 0.25) is 0 Å². The maximum atomic E-state index is 12.3. The second-order valence-corrected chi connectivity index (χ2v) is 8.14. The predicted molar refractivity (Wildman–Crippen MR) is 114 cm³/mol. The van der Waals surface area contributed by atoms with Gasteiger partial charge in [0, 0.05) is 38.3 Å². The molecule has 2 aromatic rings. The third kappa shape index (κ3) is 8.65. The molecule has 5 heteroatoms. The molecule has 5 nitrogen and oxygen atoms in total. The molecule has 0 heterocycles. The maximum absolute atomic E-state index is 12.3. The van der Waals surface area contributed by atoms with Crippen molar-refractivity contribution in [2.45, 2.75) is 45.5 Å². The first-order valence-electron chi connectivity index (χ1n) is 9.84. The van der Waals surface area contributed by atoms with Crippen LogP contribution in [0.4, 0.5) is 0 Å². The average molecular weight is 384 g/mol. The molecule has 1 amide bonds. The van der Waals surface area contributed by atoms with Crippen molar-refractivity contribution in [3.05, 3.63) is 71.8 Å². The fraction of sp³-hybridized carbons (Fsp3) is 0.435. The molecule has 0 aromatic heterocycles. The Morgan fingerprint density at radius 2 is 1.57 bits per heavy atom. The molecule has 1 unspecified atom stereocenters. The first kappa shape index (κ1) is 22.1. The second-order valence-electron chi connectivity index (χ2n) is 8.14. The van der Waals surface area contributed by atoms with Gasteiger partial charge < -0.3 is 15.7 Å². The number of carbonyl (C=O) groups is 1. The first-order valence-corrected chi connectivity index (χ1v) is 9.84. The Balaban J connectivity index is 1.89. The molecule has 0 aliphatic carbocycles. The summed E-state index contributed by atoms with van der Waals surface area (Å²) in [5, 5.41) is 16.7. The highest BCUT2D eigenvalue weighted by atomic mass is 16.3. The van der Waals surface area contributed by atoms with E-state index in [9.17, 15) is 9.90 Å². The fourth-order valence-corrected chi connectivity index (χ4v) is 2.92. The molecule has 0 aliphatic heterocycles. The third-order valence-corrected chi connectivity index (χ3v) is 4.26. The van der Waals surface area contributed by atoms with E-state index in [4.69, 9.17) is 0 Å². The molecule has 0 saturated carbocycles. The summed E-state index contributed by atoms with van der Waals surface area (Å²) >= 11 is 0. The van der Waals surface area contributed by atoms with E-state index in [0.717, 1.165) is 25.2 Å². The Labute approximate surface area is 168 Å². The predicted octanol–water partition coefficient (Wildman–Crippen LogP) is 2.55. The highest BCUT2D eigenvalue weighted by molar-refractivity contribution is 5.81. The Morgan fingerprint density at radius 3 is 2.14 bits per heavy atom. The number of hydrogen-bond acceptors (Lipinski definition) is 4. The second kappa shape index (κ2) is 11.0. The van der Waals surface area contributed by atoms with Crippen molar-refractivity contribution in [1.29, 1.82) is 0 Å². The lowest BCUT2D eigenvalue weighted by Gasteiger charge is -2.27. The third-order valence-electron chi connectivity index (χ3n) is 4.26. The van der Waals surface area contributed by atoms with Gasteiger partial charge in [-0.05, 0) is 31.9 Å². The van der Waals surface area contributed by atoms with Crippen LogP contribution >= 0.6 is 0 Å². The van der Waals surface area contributed by atoms with Crippen LogP contribution < -0.4 is 10.6 Å². The van der Waals surface area contributed by atoms with Crippen LogP contribution in [-0.2, 0) is 17.9 Å². The Morgan fingerprint density at radius 1 is 1.00 bits per heavy atom. The molecule has 0 bridgehead atoms. The van der Waals surface area contributed by atoms with Crippen molar-refractivity contribution in [1.82, 2.24) is 15.5 Å². The van der Waals surface area contributed by atoms with E-state index in [1.807, 2.05) is 57.2 Å². The minimum Gasteiger partial charge on any atom is -0.382 e. The zero-order chi connectivity index (χ0) is 20.4. The monoisotopic (exact) mass is 383 g/mol. The smallest absolute Gasteiger partial charge is 0.250 e. The zero-order valence-corrected chi connectivity index (χ0v) is 17.2. The zero-order valence-electron chi connectivity index (χ0n) is 17.2. The quantitative estimate of drug-likeness (QED) is 0.552. The van der Waals surface area contributed by atoms with Crippen LogP contribution in [0, 0.1) is 0 Å². The number of hydrogen-bond donors (Lipinski definition) is 3. The van der Waals surface area contributed by atoms with Crippen LogP contribution in [0.1, 0.15) is 31.9 Å². The van der Waals surface area contributed by atoms with Crippen molar-refractivity contribution in [2.75, 3.05) is 19.6 Å². The molecule has 0 aliphatic rings. The van der Waals surface area contributed by atoms with Crippen molar-refractivity contribution in [2.24, 2.45) is 0 Å². The number of nitrogens with zero attached hydrogens (tertiary/aromatic N) is 1. The minimum absolute atomic E-state index is 0.295. The molecule has 28 heavy (non-hydrogen) atoms. The van der Waals surface area contributed by atoms with Crippen LogP contribution in [0.15, 0.2) is 60.7 Å². The maximum Gasteiger partial charge on any atom is 0.250 e. The summed E-state index contributed by atoms with van der Waals surface area (Å²) in [5.41, 5.74) is 2.04. The number of carbonyl (C=O) groups excluding carboxylic acids is 1. The van der Waals surface area contributed by atoms with E-state index in [2.05, 4.69) is 39.8 Å². The number of benzene rings is 2. The number of nitrogens with one attached hydrogen (secondary N) is 2. The topological polar surface area (TPSA) is 64.6 Å². The summed E-state index contributed by atoms with van der Waals surface area (Å²) < 4.78 is 0. The summed E-state index contributed by atoms with van der Waals surface area (Å²) in [5.74, 6) is -0.331. The van der Waals surface area contributed by atoms with Gasteiger partial charge in [-0.25, -0.2) is 0 Å². The van der Waals surface area contributed by atoms with Crippen molar-refractivity contribution < 1.29 is 9.90 Å². The van der Waals surface area contributed by atoms with Crippen LogP contribution in [0.5, 0.6) is 0 Å². The normalized spacial score (nSPS) is 12.8. The molecule has 0 saturated heterocycles. The van der Waals surface area contributed by atoms with Gasteiger partial charge in [-0.15, -0.1) is 0 Å². The van der Waals surface area contributed by atoms with Crippen LogP contribution in [-0.4, -0.2) is 47.2 Å². The lowest BCUT2D eigenvalue weighted by atomic mass is 10.1. The van der Waals surface area contributed by atoms with E-state index in [1.165, 1.54) is 5.56 Å². The fourth-order valence-electron chi connectivity index (χ4n) is 2.92. The molecule has 2 rings (SSSR count). The van der Waals surface area contributed by atoms with Crippen molar-refractivity contribution in [3.63, 3.8) is 0 Å². The summed E-state index contributed by atoms with van der Waals surface area (Å²) in [7, 11) is 0. The van der Waals surface area contributed by atoms with E-state index in [0.29, 0.717) is 13.1 Å². The lowest BCUT2D eigenvalue weighted by molar-refractivity contribution is -0.131. The summed E-state index contributed by atoms with van der Waals surface area (Å²) in [6.45, 7) is 9.02. The summed E-state index contributed by atoms with van der Waals surface area (Å²) in [4.78, 5) is 14.4. The number of aliphatic hydroxyl groups excluding tert-OH is 1. The Bertz CT molecular complexity index is 699.